The molecule has 1 saturated heterocycles. The van der Waals surface area contributed by atoms with E-state index >= 15 is 0 Å². The lowest BCUT2D eigenvalue weighted by Gasteiger charge is -2.42. The summed E-state index contributed by atoms with van der Waals surface area (Å²) in [6, 6.07) is 0. The van der Waals surface area contributed by atoms with Crippen molar-refractivity contribution >= 4 is 0 Å². The molecule has 0 aromatic heterocycles. The summed E-state index contributed by atoms with van der Waals surface area (Å²) in [7, 11) is 0. The van der Waals surface area contributed by atoms with Gasteiger partial charge in [-0.1, -0.05) is 13.8 Å². The first-order valence-corrected chi connectivity index (χ1v) is 8.35. The second-order valence-electron chi connectivity index (χ2n) is 7.80. The van der Waals surface area contributed by atoms with Crippen molar-refractivity contribution in [2.75, 3.05) is 0 Å². The van der Waals surface area contributed by atoms with Gasteiger partial charge in [0.2, 0.25) is 0 Å². The highest BCUT2D eigenvalue weighted by Gasteiger charge is 2.55. The van der Waals surface area contributed by atoms with Gasteiger partial charge < -0.3 is 9.84 Å². The van der Waals surface area contributed by atoms with E-state index in [4.69, 9.17) is 4.74 Å². The third-order valence-corrected chi connectivity index (χ3v) is 6.44. The first kappa shape index (κ1) is 13.9. The molecule has 19 heavy (non-hydrogen) atoms. The molecule has 6 atom stereocenters. The Morgan fingerprint density at radius 3 is 2.63 bits per heavy atom. The molecule has 3 rings (SSSR count). The Morgan fingerprint density at radius 1 is 1.21 bits per heavy atom. The Hall–Kier alpha value is -0.0800. The maximum Gasteiger partial charge on any atom is 0.0923 e. The van der Waals surface area contributed by atoms with Gasteiger partial charge >= 0.3 is 0 Å². The molecule has 0 aromatic carbocycles. The summed E-state index contributed by atoms with van der Waals surface area (Å²) in [6.07, 6.45) is 10.3. The molecule has 0 aromatic rings. The second kappa shape index (κ2) is 4.73. The van der Waals surface area contributed by atoms with E-state index < -0.39 is 0 Å². The topological polar surface area (TPSA) is 32.8 Å². The van der Waals surface area contributed by atoms with Crippen molar-refractivity contribution in [2.45, 2.75) is 89.4 Å². The molecule has 0 spiro atoms. The SMILES string of the molecule is CCC1(O)CCC(CC2CCC3OC3(C)C2)CC1C. The third kappa shape index (κ3) is 2.58. The predicted octanol–water partition coefficient (Wildman–Crippen LogP) is 3.91. The third-order valence-electron chi connectivity index (χ3n) is 6.44. The zero-order valence-electron chi connectivity index (χ0n) is 12.8. The molecule has 1 N–H and O–H groups in total. The van der Waals surface area contributed by atoms with Gasteiger partial charge in [0.25, 0.3) is 0 Å². The van der Waals surface area contributed by atoms with E-state index in [2.05, 4.69) is 20.8 Å². The Labute approximate surface area is 117 Å². The minimum atomic E-state index is -0.375. The van der Waals surface area contributed by atoms with Gasteiger partial charge in [0.15, 0.2) is 0 Å². The van der Waals surface area contributed by atoms with Crippen molar-refractivity contribution in [1.82, 2.24) is 0 Å². The number of rotatable bonds is 3. The highest BCUT2D eigenvalue weighted by Crippen LogP contribution is 2.52. The summed E-state index contributed by atoms with van der Waals surface area (Å²) in [5, 5.41) is 10.5. The fraction of sp³-hybridized carbons (Fsp3) is 1.00. The van der Waals surface area contributed by atoms with Gasteiger partial charge in [-0.3, -0.25) is 0 Å². The number of hydrogen-bond donors (Lipinski definition) is 1. The van der Waals surface area contributed by atoms with Crippen LogP contribution in [-0.2, 0) is 4.74 Å². The van der Waals surface area contributed by atoms with Crippen molar-refractivity contribution in [3.63, 3.8) is 0 Å². The molecule has 1 heterocycles. The molecule has 3 fully saturated rings. The molecule has 0 amide bonds. The van der Waals surface area contributed by atoms with E-state index in [1.807, 2.05) is 0 Å². The summed E-state index contributed by atoms with van der Waals surface area (Å²) >= 11 is 0. The zero-order chi connectivity index (χ0) is 13.7. The lowest BCUT2D eigenvalue weighted by molar-refractivity contribution is -0.0606. The second-order valence-corrected chi connectivity index (χ2v) is 7.80. The van der Waals surface area contributed by atoms with Crippen LogP contribution in [0.4, 0.5) is 0 Å². The van der Waals surface area contributed by atoms with Crippen molar-refractivity contribution < 1.29 is 9.84 Å². The number of hydrogen-bond acceptors (Lipinski definition) is 2. The quantitative estimate of drug-likeness (QED) is 0.786. The number of fused-ring (bicyclic) bond motifs is 1. The van der Waals surface area contributed by atoms with Gasteiger partial charge in [-0.15, -0.1) is 0 Å². The van der Waals surface area contributed by atoms with E-state index in [0.717, 1.165) is 24.7 Å². The zero-order valence-corrected chi connectivity index (χ0v) is 12.8. The van der Waals surface area contributed by atoms with Crippen LogP contribution in [0.1, 0.15) is 72.1 Å². The predicted molar refractivity (Wildman–Crippen MR) is 77.0 cm³/mol. The van der Waals surface area contributed by atoms with Gasteiger partial charge in [-0.25, -0.2) is 0 Å². The van der Waals surface area contributed by atoms with Crippen molar-refractivity contribution in [1.29, 1.82) is 0 Å². The fourth-order valence-corrected chi connectivity index (χ4v) is 4.85. The molecular formula is C17H30O2. The lowest BCUT2D eigenvalue weighted by atomic mass is 9.67. The Kier molecular flexibility index (Phi) is 3.46. The highest BCUT2D eigenvalue weighted by atomic mass is 16.6. The highest BCUT2D eigenvalue weighted by molar-refractivity contribution is 5.04. The van der Waals surface area contributed by atoms with Crippen LogP contribution >= 0.6 is 0 Å². The van der Waals surface area contributed by atoms with Crippen molar-refractivity contribution in [2.24, 2.45) is 17.8 Å². The van der Waals surface area contributed by atoms with Crippen molar-refractivity contribution in [3.8, 4) is 0 Å². The smallest absolute Gasteiger partial charge is 0.0923 e. The molecule has 2 aliphatic carbocycles. The normalized spacial score (nSPS) is 53.7. The molecule has 1 aliphatic heterocycles. The average Bonchev–Trinajstić information content (AvgIpc) is 3.05. The Bertz CT molecular complexity index is 342. The summed E-state index contributed by atoms with van der Waals surface area (Å²) < 4.78 is 5.82. The lowest BCUT2D eigenvalue weighted by Crippen LogP contribution is -2.41. The molecule has 2 heteroatoms. The first-order chi connectivity index (χ1) is 8.95. The van der Waals surface area contributed by atoms with Crippen LogP contribution in [-0.4, -0.2) is 22.4 Å². The molecule has 3 aliphatic rings. The molecule has 6 unspecified atom stereocenters. The van der Waals surface area contributed by atoms with Gasteiger partial charge in [0.05, 0.1) is 17.3 Å². The van der Waals surface area contributed by atoms with Gasteiger partial charge in [0.1, 0.15) is 0 Å². The van der Waals surface area contributed by atoms with E-state index in [9.17, 15) is 5.11 Å². The van der Waals surface area contributed by atoms with Gasteiger partial charge in [-0.2, -0.15) is 0 Å². The molecule has 0 radical (unpaired) electrons. The van der Waals surface area contributed by atoms with Crippen LogP contribution in [0.25, 0.3) is 0 Å². The first-order valence-electron chi connectivity index (χ1n) is 8.35. The summed E-state index contributed by atoms with van der Waals surface area (Å²) in [6.45, 7) is 6.67. The standard InChI is InChI=1S/C17H30O2/c1-4-17(18)8-7-13(9-12(17)2)10-14-5-6-15-16(3,11-14)19-15/h12-15,18H,4-11H2,1-3H3. The van der Waals surface area contributed by atoms with Crippen LogP contribution < -0.4 is 0 Å². The van der Waals surface area contributed by atoms with Crippen LogP contribution in [0.15, 0.2) is 0 Å². The minimum absolute atomic E-state index is 0.243. The number of aliphatic hydroxyl groups is 1. The van der Waals surface area contributed by atoms with Crippen LogP contribution in [0.2, 0.25) is 0 Å². The van der Waals surface area contributed by atoms with Gasteiger partial charge in [0, 0.05) is 0 Å². The largest absolute Gasteiger partial charge is 0.390 e. The monoisotopic (exact) mass is 266 g/mol. The average molecular weight is 266 g/mol. The number of epoxide rings is 1. The molecule has 2 saturated carbocycles. The van der Waals surface area contributed by atoms with E-state index in [1.165, 1.54) is 38.5 Å². The van der Waals surface area contributed by atoms with Crippen molar-refractivity contribution in [3.05, 3.63) is 0 Å². The van der Waals surface area contributed by atoms with E-state index in [-0.39, 0.29) is 11.2 Å². The maximum atomic E-state index is 10.5. The minimum Gasteiger partial charge on any atom is -0.390 e. The maximum absolute atomic E-state index is 10.5. The van der Waals surface area contributed by atoms with Crippen LogP contribution in [0.5, 0.6) is 0 Å². The molecular weight excluding hydrogens is 236 g/mol. The Balaban J connectivity index is 1.51. The summed E-state index contributed by atoms with van der Waals surface area (Å²) in [5.41, 5.74) is -0.132. The van der Waals surface area contributed by atoms with Crippen LogP contribution in [0.3, 0.4) is 0 Å². The summed E-state index contributed by atoms with van der Waals surface area (Å²) in [5.74, 6) is 2.18. The van der Waals surface area contributed by atoms with Gasteiger partial charge in [-0.05, 0) is 76.0 Å². The molecule has 2 nitrogen and oxygen atoms in total. The van der Waals surface area contributed by atoms with E-state index in [0.29, 0.717) is 12.0 Å². The van der Waals surface area contributed by atoms with E-state index in [1.54, 1.807) is 0 Å². The Morgan fingerprint density at radius 2 is 2.00 bits per heavy atom. The molecule has 0 bridgehead atoms. The number of ether oxygens (including phenoxy) is 1. The fourth-order valence-electron chi connectivity index (χ4n) is 4.85. The summed E-state index contributed by atoms with van der Waals surface area (Å²) in [4.78, 5) is 0. The van der Waals surface area contributed by atoms with Crippen LogP contribution in [0, 0.1) is 17.8 Å². The molecule has 110 valence electrons.